The molecule has 258 valence electrons. The highest BCUT2D eigenvalue weighted by molar-refractivity contribution is 7.89. The molecule has 0 fully saturated rings. The predicted octanol–water partition coefficient (Wildman–Crippen LogP) is 7.59. The Bertz CT molecular complexity index is 1830. The minimum absolute atomic E-state index is 0.0929. The van der Waals surface area contributed by atoms with Crippen molar-refractivity contribution in [3.05, 3.63) is 119 Å². The van der Waals surface area contributed by atoms with Crippen molar-refractivity contribution in [2.45, 2.75) is 45.3 Å². The molecule has 0 bridgehead atoms. The molecule has 2 N–H and O–H groups in total. The normalized spacial score (nSPS) is 12.6. The third-order valence-electron chi connectivity index (χ3n) is 8.05. The van der Waals surface area contributed by atoms with E-state index < -0.39 is 27.8 Å². The molecule has 0 atom stereocenters. The Labute approximate surface area is 293 Å². The molecular formula is C38H42ClN3O6S. The van der Waals surface area contributed by atoms with Crippen molar-refractivity contribution >= 4 is 33.8 Å². The highest BCUT2D eigenvalue weighted by atomic mass is 35.5. The number of carbonyl (C=O) groups is 2. The maximum atomic E-state index is 13.7. The summed E-state index contributed by atoms with van der Waals surface area (Å²) in [6, 6.07) is 31.8. The topological polar surface area (TPSA) is 114 Å². The van der Waals surface area contributed by atoms with Crippen LogP contribution >= 0.6 is 11.6 Å². The van der Waals surface area contributed by atoms with Gasteiger partial charge in [0, 0.05) is 42.7 Å². The maximum absolute atomic E-state index is 13.7. The minimum atomic E-state index is -3.69. The van der Waals surface area contributed by atoms with Crippen LogP contribution in [0.1, 0.15) is 49.8 Å². The molecule has 0 spiro atoms. The molecule has 11 heteroatoms. The molecule has 5 rings (SSSR count). The van der Waals surface area contributed by atoms with Crippen molar-refractivity contribution < 1.29 is 27.5 Å². The second-order valence-corrected chi connectivity index (χ2v) is 15.2. The fraction of sp³-hybridized carbons (Fsp3) is 0.316. The highest BCUT2D eigenvalue weighted by Crippen LogP contribution is 2.44. The number of nitrogens with zero attached hydrogens (tertiary/aromatic N) is 1. The van der Waals surface area contributed by atoms with Gasteiger partial charge in [-0.3, -0.25) is 0 Å². The lowest BCUT2D eigenvalue weighted by molar-refractivity contribution is 0.0531. The van der Waals surface area contributed by atoms with E-state index in [-0.39, 0.29) is 44.5 Å². The molecule has 1 aliphatic rings. The Hall–Kier alpha value is -4.38. The number of amides is 2. The first-order valence-electron chi connectivity index (χ1n) is 16.3. The van der Waals surface area contributed by atoms with Crippen LogP contribution in [-0.4, -0.2) is 63.1 Å². The number of sulfonamides is 1. The molecule has 0 unspecified atom stereocenters. The number of hydrogen-bond donors (Lipinski definition) is 2. The van der Waals surface area contributed by atoms with E-state index in [4.69, 9.17) is 21.1 Å². The number of fused-ring (bicyclic) bond motifs is 3. The molecule has 4 aromatic carbocycles. The number of ether oxygens (including phenoxy) is 2. The van der Waals surface area contributed by atoms with Gasteiger partial charge in [0.1, 0.15) is 12.2 Å². The number of nitrogens with one attached hydrogen (secondary N) is 2. The van der Waals surface area contributed by atoms with Gasteiger partial charge in [0.25, 0.3) is 0 Å². The zero-order chi connectivity index (χ0) is 35.0. The first-order valence-corrected chi connectivity index (χ1v) is 18.3. The number of halogens is 1. The summed E-state index contributed by atoms with van der Waals surface area (Å²) in [4.78, 5) is 27.1. The Balaban J connectivity index is 1.23. The number of alkyl carbamates (subject to hydrolysis) is 1. The molecule has 0 aliphatic heterocycles. The predicted molar refractivity (Wildman–Crippen MR) is 193 cm³/mol. The van der Waals surface area contributed by atoms with Crippen molar-refractivity contribution in [2.24, 2.45) is 0 Å². The summed E-state index contributed by atoms with van der Waals surface area (Å²) >= 11 is 6.69. The van der Waals surface area contributed by atoms with Crippen LogP contribution in [0, 0.1) is 0 Å². The van der Waals surface area contributed by atoms with Crippen molar-refractivity contribution in [1.29, 1.82) is 0 Å². The van der Waals surface area contributed by atoms with E-state index in [9.17, 15) is 18.0 Å². The Kier molecular flexibility index (Phi) is 11.6. The van der Waals surface area contributed by atoms with Crippen LogP contribution in [0.25, 0.3) is 22.3 Å². The number of hydrogen-bond acceptors (Lipinski definition) is 6. The summed E-state index contributed by atoms with van der Waals surface area (Å²) in [5.74, 6) is -0.409. The number of benzene rings is 4. The van der Waals surface area contributed by atoms with E-state index in [2.05, 4.69) is 34.3 Å². The lowest BCUT2D eigenvalue weighted by Gasteiger charge is -2.24. The molecule has 0 heterocycles. The van der Waals surface area contributed by atoms with Crippen LogP contribution in [0.4, 0.5) is 9.59 Å². The number of rotatable bonds is 13. The average molecular weight is 704 g/mol. The van der Waals surface area contributed by atoms with Crippen LogP contribution < -0.4 is 10.0 Å². The Morgan fingerprint density at radius 2 is 1.47 bits per heavy atom. The van der Waals surface area contributed by atoms with Crippen molar-refractivity contribution in [1.82, 2.24) is 14.9 Å². The minimum Gasteiger partial charge on any atom is -0.448 e. The van der Waals surface area contributed by atoms with E-state index in [0.717, 1.165) is 38.9 Å². The van der Waals surface area contributed by atoms with Crippen molar-refractivity contribution in [3.8, 4) is 22.3 Å². The van der Waals surface area contributed by atoms with Gasteiger partial charge in [0.05, 0.1) is 5.75 Å². The molecule has 9 nitrogen and oxygen atoms in total. The second-order valence-electron chi connectivity index (χ2n) is 12.9. The average Bonchev–Trinajstić information content (AvgIpc) is 3.38. The smallest absolute Gasteiger partial charge is 0.410 e. The van der Waals surface area contributed by atoms with Gasteiger partial charge in [0.2, 0.25) is 10.0 Å². The molecular weight excluding hydrogens is 662 g/mol. The lowest BCUT2D eigenvalue weighted by atomic mass is 9.98. The molecule has 0 radical (unpaired) electrons. The van der Waals surface area contributed by atoms with Crippen LogP contribution in [0.15, 0.2) is 97.1 Å². The summed E-state index contributed by atoms with van der Waals surface area (Å²) < 4.78 is 38.8. The molecule has 2 amide bonds. The van der Waals surface area contributed by atoms with Gasteiger partial charge < -0.3 is 19.7 Å². The van der Waals surface area contributed by atoms with E-state index in [1.807, 2.05) is 72.8 Å². The molecule has 4 aromatic rings. The Morgan fingerprint density at radius 1 is 0.837 bits per heavy atom. The van der Waals surface area contributed by atoms with Crippen molar-refractivity contribution in [3.63, 3.8) is 0 Å². The summed E-state index contributed by atoms with van der Waals surface area (Å²) in [6.45, 7) is 5.78. The molecule has 1 aliphatic carbocycles. The van der Waals surface area contributed by atoms with Crippen LogP contribution in [0.5, 0.6) is 0 Å². The Morgan fingerprint density at radius 3 is 2.10 bits per heavy atom. The fourth-order valence-corrected chi connectivity index (χ4v) is 7.10. The summed E-state index contributed by atoms with van der Waals surface area (Å²) in [7, 11) is -3.69. The molecule has 0 saturated carbocycles. The highest BCUT2D eigenvalue weighted by Gasteiger charge is 2.30. The van der Waals surface area contributed by atoms with Gasteiger partial charge in [-0.25, -0.2) is 22.7 Å². The standard InChI is InChI=1S/C38H42ClN3O6S/c1-38(2,3)48-36(43)40-21-23-49(45,46)41-20-11-22-42(25-27-18-19-29(35(39)24-27)28-12-5-4-6-13-28)37(44)47-26-34-32-16-9-7-14-30(32)31-15-8-10-17-33(31)34/h4-10,12-19,24,34,41H,11,20-23,25-26H2,1-3H3,(H,40,43). The largest absolute Gasteiger partial charge is 0.448 e. The van der Waals surface area contributed by atoms with E-state index in [0.29, 0.717) is 11.4 Å². The monoisotopic (exact) mass is 703 g/mol. The van der Waals surface area contributed by atoms with E-state index in [1.165, 1.54) is 0 Å². The summed E-state index contributed by atoms with van der Waals surface area (Å²) in [5, 5.41) is 3.01. The first-order chi connectivity index (χ1) is 23.4. The zero-order valence-corrected chi connectivity index (χ0v) is 29.5. The first kappa shape index (κ1) is 35.9. The van der Waals surface area contributed by atoms with E-state index in [1.54, 1.807) is 25.7 Å². The van der Waals surface area contributed by atoms with Crippen LogP contribution in [0.2, 0.25) is 5.02 Å². The molecule has 49 heavy (non-hydrogen) atoms. The van der Waals surface area contributed by atoms with Crippen LogP contribution in [0.3, 0.4) is 0 Å². The SMILES string of the molecule is CC(C)(C)OC(=O)NCCS(=O)(=O)NCCCN(Cc1ccc(-c2ccccc2)c(Cl)c1)C(=O)OCC1c2ccccc2-c2ccccc21. The third kappa shape index (κ3) is 9.84. The lowest BCUT2D eigenvalue weighted by Crippen LogP contribution is -2.38. The van der Waals surface area contributed by atoms with Gasteiger partial charge in [-0.05, 0) is 66.6 Å². The quantitative estimate of drug-likeness (QED) is 0.139. The van der Waals surface area contributed by atoms with Gasteiger partial charge in [-0.1, -0.05) is 103 Å². The molecule has 0 saturated heterocycles. The van der Waals surface area contributed by atoms with Crippen molar-refractivity contribution in [2.75, 3.05) is 32.0 Å². The third-order valence-corrected chi connectivity index (χ3v) is 9.75. The van der Waals surface area contributed by atoms with Gasteiger partial charge >= 0.3 is 12.2 Å². The zero-order valence-electron chi connectivity index (χ0n) is 27.9. The van der Waals surface area contributed by atoms with Gasteiger partial charge in [0.15, 0.2) is 0 Å². The number of carbonyl (C=O) groups excluding carboxylic acids is 2. The second kappa shape index (κ2) is 15.9. The summed E-state index contributed by atoms with van der Waals surface area (Å²) in [6.07, 6.45) is -0.855. The van der Waals surface area contributed by atoms with Gasteiger partial charge in [-0.15, -0.1) is 0 Å². The maximum Gasteiger partial charge on any atom is 0.410 e. The molecule has 0 aromatic heterocycles. The van der Waals surface area contributed by atoms with Crippen LogP contribution in [-0.2, 0) is 26.0 Å². The summed E-state index contributed by atoms with van der Waals surface area (Å²) in [5.41, 5.74) is 6.50. The van der Waals surface area contributed by atoms with Gasteiger partial charge in [-0.2, -0.15) is 0 Å². The fourth-order valence-electron chi connectivity index (χ4n) is 5.82. The van der Waals surface area contributed by atoms with E-state index >= 15 is 0 Å².